The van der Waals surface area contributed by atoms with E-state index in [2.05, 4.69) is 15.4 Å². The van der Waals surface area contributed by atoms with Gasteiger partial charge in [-0.05, 0) is 53.6 Å². The first kappa shape index (κ1) is 22.4. The minimum absolute atomic E-state index is 0.0311. The number of amides is 2. The van der Waals surface area contributed by atoms with Crippen LogP contribution in [-0.4, -0.2) is 26.8 Å². The van der Waals surface area contributed by atoms with Crippen LogP contribution in [-0.2, 0) is 27.9 Å². The van der Waals surface area contributed by atoms with Crippen molar-refractivity contribution in [1.82, 2.24) is 10.0 Å². The lowest BCUT2D eigenvalue weighted by molar-refractivity contribution is -0.118. The van der Waals surface area contributed by atoms with Crippen LogP contribution in [0.4, 0.5) is 10.1 Å². The van der Waals surface area contributed by atoms with Gasteiger partial charge in [0.05, 0.1) is 10.6 Å². The summed E-state index contributed by atoms with van der Waals surface area (Å²) >= 11 is 0. The maximum Gasteiger partial charge on any atom is 0.262 e. The summed E-state index contributed by atoms with van der Waals surface area (Å²) in [6.45, 7) is -0.0741. The molecule has 1 heterocycles. The number of ether oxygens (including phenoxy) is 1. The first-order valence-electron chi connectivity index (χ1n) is 9.98. The summed E-state index contributed by atoms with van der Waals surface area (Å²) in [5.41, 5.74) is 1.91. The van der Waals surface area contributed by atoms with Gasteiger partial charge in [-0.3, -0.25) is 9.59 Å². The standard InChI is InChI=1S/C23H20FN3O5S/c24-18-5-1-3-15(9-18)13-26-33(30,31)19-6-2-4-16(10-19)12-25-23(29)17-7-8-20-21(11-17)32-14-22(28)27-20/h1-11,26H,12-14H2,(H,25,29)(H,27,28). The molecule has 1 aliphatic rings. The molecule has 1 aliphatic heterocycles. The third-order valence-corrected chi connectivity index (χ3v) is 6.29. The summed E-state index contributed by atoms with van der Waals surface area (Å²) in [6, 6.07) is 16.5. The number of hydrogen-bond donors (Lipinski definition) is 3. The number of anilines is 1. The first-order chi connectivity index (χ1) is 15.8. The zero-order valence-electron chi connectivity index (χ0n) is 17.3. The number of fused-ring (bicyclic) bond motifs is 1. The Morgan fingerprint density at radius 3 is 2.55 bits per heavy atom. The predicted molar refractivity (Wildman–Crippen MR) is 119 cm³/mol. The average molecular weight is 469 g/mol. The normalized spacial score (nSPS) is 12.9. The molecule has 33 heavy (non-hydrogen) atoms. The van der Waals surface area contributed by atoms with Crippen molar-refractivity contribution in [3.05, 3.63) is 89.2 Å². The van der Waals surface area contributed by atoms with Crippen LogP contribution in [0.15, 0.2) is 71.6 Å². The van der Waals surface area contributed by atoms with Crippen molar-refractivity contribution in [3.8, 4) is 5.75 Å². The van der Waals surface area contributed by atoms with Gasteiger partial charge in [-0.2, -0.15) is 0 Å². The van der Waals surface area contributed by atoms with E-state index in [1.54, 1.807) is 30.3 Å². The van der Waals surface area contributed by atoms with Crippen molar-refractivity contribution < 1.29 is 27.1 Å². The summed E-state index contributed by atoms with van der Waals surface area (Å²) in [5.74, 6) is -0.685. The second kappa shape index (κ2) is 9.39. The summed E-state index contributed by atoms with van der Waals surface area (Å²) in [6.07, 6.45) is 0. The highest BCUT2D eigenvalue weighted by Gasteiger charge is 2.18. The summed E-state index contributed by atoms with van der Waals surface area (Å²) in [5, 5.41) is 5.39. The molecule has 0 saturated heterocycles. The molecule has 0 radical (unpaired) electrons. The Hall–Kier alpha value is -3.76. The Balaban J connectivity index is 1.39. The van der Waals surface area contributed by atoms with Gasteiger partial charge in [0, 0.05) is 18.7 Å². The monoisotopic (exact) mass is 469 g/mol. The van der Waals surface area contributed by atoms with Crippen LogP contribution in [0.5, 0.6) is 5.75 Å². The van der Waals surface area contributed by atoms with Crippen LogP contribution in [0.1, 0.15) is 21.5 Å². The molecule has 0 aliphatic carbocycles. The van der Waals surface area contributed by atoms with Gasteiger partial charge in [0.1, 0.15) is 11.6 Å². The van der Waals surface area contributed by atoms with Crippen molar-refractivity contribution in [1.29, 1.82) is 0 Å². The minimum Gasteiger partial charge on any atom is -0.482 e. The molecule has 2 amide bonds. The number of hydrogen-bond acceptors (Lipinski definition) is 5. The van der Waals surface area contributed by atoms with Gasteiger partial charge >= 0.3 is 0 Å². The van der Waals surface area contributed by atoms with E-state index in [-0.39, 0.29) is 36.4 Å². The van der Waals surface area contributed by atoms with E-state index in [1.807, 2.05) is 0 Å². The molecule has 0 spiro atoms. The highest BCUT2D eigenvalue weighted by molar-refractivity contribution is 7.89. The van der Waals surface area contributed by atoms with Gasteiger partial charge in [-0.25, -0.2) is 17.5 Å². The second-order valence-corrected chi connectivity index (χ2v) is 9.10. The number of rotatable bonds is 7. The molecule has 3 aromatic carbocycles. The Morgan fingerprint density at radius 2 is 1.76 bits per heavy atom. The molecule has 8 nitrogen and oxygen atoms in total. The zero-order chi connectivity index (χ0) is 23.4. The fourth-order valence-electron chi connectivity index (χ4n) is 3.23. The maximum atomic E-state index is 13.3. The number of carbonyl (C=O) groups excluding carboxylic acids is 2. The molecule has 0 bridgehead atoms. The molecular weight excluding hydrogens is 449 g/mol. The van der Waals surface area contributed by atoms with Crippen LogP contribution in [0.25, 0.3) is 0 Å². The van der Waals surface area contributed by atoms with Crippen molar-refractivity contribution >= 4 is 27.5 Å². The van der Waals surface area contributed by atoms with Gasteiger partial charge in [0.2, 0.25) is 10.0 Å². The second-order valence-electron chi connectivity index (χ2n) is 7.33. The van der Waals surface area contributed by atoms with Crippen molar-refractivity contribution in [2.75, 3.05) is 11.9 Å². The largest absolute Gasteiger partial charge is 0.482 e. The smallest absolute Gasteiger partial charge is 0.262 e. The van der Waals surface area contributed by atoms with Crippen LogP contribution in [0, 0.1) is 5.82 Å². The fraction of sp³-hybridized carbons (Fsp3) is 0.130. The molecule has 10 heteroatoms. The molecule has 3 aromatic rings. The van der Waals surface area contributed by atoms with E-state index >= 15 is 0 Å². The Labute approximate surface area is 189 Å². The highest BCUT2D eigenvalue weighted by atomic mass is 32.2. The van der Waals surface area contributed by atoms with Gasteiger partial charge < -0.3 is 15.4 Å². The first-order valence-corrected chi connectivity index (χ1v) is 11.5. The molecule has 3 N–H and O–H groups in total. The van der Waals surface area contributed by atoms with Crippen molar-refractivity contribution in [3.63, 3.8) is 0 Å². The summed E-state index contributed by atoms with van der Waals surface area (Å²) in [4.78, 5) is 23.9. The summed E-state index contributed by atoms with van der Waals surface area (Å²) in [7, 11) is -3.84. The quantitative estimate of drug-likeness (QED) is 0.492. The van der Waals surface area contributed by atoms with E-state index in [0.717, 1.165) is 0 Å². The molecule has 0 unspecified atom stereocenters. The van der Waals surface area contributed by atoms with E-state index in [9.17, 15) is 22.4 Å². The third-order valence-electron chi connectivity index (χ3n) is 4.89. The zero-order valence-corrected chi connectivity index (χ0v) is 18.1. The number of halogens is 1. The predicted octanol–water partition coefficient (Wildman–Crippen LogP) is 2.57. The van der Waals surface area contributed by atoms with E-state index < -0.39 is 15.8 Å². The van der Waals surface area contributed by atoms with Crippen LogP contribution in [0.2, 0.25) is 0 Å². The maximum absolute atomic E-state index is 13.3. The van der Waals surface area contributed by atoms with Crippen LogP contribution >= 0.6 is 0 Å². The van der Waals surface area contributed by atoms with Gasteiger partial charge in [0.15, 0.2) is 6.61 Å². The van der Waals surface area contributed by atoms with E-state index in [1.165, 1.54) is 36.4 Å². The molecule has 0 fully saturated rings. The third kappa shape index (κ3) is 5.54. The summed E-state index contributed by atoms with van der Waals surface area (Å²) < 4.78 is 46.3. The topological polar surface area (TPSA) is 114 Å². The number of benzene rings is 3. The number of sulfonamides is 1. The Kier molecular flexibility index (Phi) is 6.38. The molecule has 170 valence electrons. The fourth-order valence-corrected chi connectivity index (χ4v) is 4.32. The number of carbonyl (C=O) groups is 2. The lowest BCUT2D eigenvalue weighted by Gasteiger charge is -2.18. The Bertz CT molecular complexity index is 1330. The molecule has 0 atom stereocenters. The molecule has 0 saturated carbocycles. The van der Waals surface area contributed by atoms with Crippen molar-refractivity contribution in [2.45, 2.75) is 18.0 Å². The van der Waals surface area contributed by atoms with Crippen molar-refractivity contribution in [2.24, 2.45) is 0 Å². The van der Waals surface area contributed by atoms with E-state index in [4.69, 9.17) is 4.74 Å². The van der Waals surface area contributed by atoms with Gasteiger partial charge in [0.25, 0.3) is 11.8 Å². The van der Waals surface area contributed by atoms with Gasteiger partial charge in [-0.15, -0.1) is 0 Å². The molecule has 0 aromatic heterocycles. The lowest BCUT2D eigenvalue weighted by Crippen LogP contribution is -2.27. The Morgan fingerprint density at radius 1 is 1.00 bits per heavy atom. The average Bonchev–Trinajstić information content (AvgIpc) is 2.81. The van der Waals surface area contributed by atoms with Crippen LogP contribution < -0.4 is 20.1 Å². The molecular formula is C23H20FN3O5S. The van der Waals surface area contributed by atoms with Crippen LogP contribution in [0.3, 0.4) is 0 Å². The lowest BCUT2D eigenvalue weighted by atomic mass is 10.1. The molecule has 4 rings (SSSR count). The minimum atomic E-state index is -3.84. The van der Waals surface area contributed by atoms with Gasteiger partial charge in [-0.1, -0.05) is 24.3 Å². The number of nitrogens with one attached hydrogen (secondary N) is 3. The highest BCUT2D eigenvalue weighted by Crippen LogP contribution is 2.28. The van der Waals surface area contributed by atoms with E-state index in [0.29, 0.717) is 28.1 Å². The SMILES string of the molecule is O=C1COc2cc(C(=O)NCc3cccc(S(=O)(=O)NCc4cccc(F)c4)c3)ccc2N1.